The van der Waals surface area contributed by atoms with E-state index in [2.05, 4.69) is 40.1 Å². The molecule has 4 nitrogen and oxygen atoms in total. The SMILES string of the molecule is CCN(CC)c1cc(C)nc(NCCc2cccc(Cl)c2)n1. The molecule has 118 valence electrons. The van der Waals surface area contributed by atoms with Gasteiger partial charge < -0.3 is 10.2 Å². The van der Waals surface area contributed by atoms with Gasteiger partial charge in [-0.25, -0.2) is 4.98 Å². The molecule has 1 heterocycles. The normalized spacial score (nSPS) is 10.5. The van der Waals surface area contributed by atoms with E-state index in [1.165, 1.54) is 5.56 Å². The van der Waals surface area contributed by atoms with Gasteiger partial charge in [0.25, 0.3) is 0 Å². The third-order valence-electron chi connectivity index (χ3n) is 3.51. The summed E-state index contributed by atoms with van der Waals surface area (Å²) in [7, 11) is 0. The summed E-state index contributed by atoms with van der Waals surface area (Å²) in [5, 5.41) is 4.08. The topological polar surface area (TPSA) is 41.1 Å². The van der Waals surface area contributed by atoms with Crippen LogP contribution in [0.2, 0.25) is 5.02 Å². The number of anilines is 2. The van der Waals surface area contributed by atoms with Crippen LogP contribution in [0.3, 0.4) is 0 Å². The Morgan fingerprint density at radius 1 is 1.14 bits per heavy atom. The zero-order valence-corrected chi connectivity index (χ0v) is 14.2. The first kappa shape index (κ1) is 16.6. The van der Waals surface area contributed by atoms with Crippen molar-refractivity contribution in [1.82, 2.24) is 9.97 Å². The first-order valence-corrected chi connectivity index (χ1v) is 8.09. The summed E-state index contributed by atoms with van der Waals surface area (Å²) in [5.74, 6) is 1.66. The van der Waals surface area contributed by atoms with Crippen molar-refractivity contribution in [3.8, 4) is 0 Å². The van der Waals surface area contributed by atoms with Gasteiger partial charge in [0.15, 0.2) is 0 Å². The summed E-state index contributed by atoms with van der Waals surface area (Å²) in [6, 6.07) is 9.95. The van der Waals surface area contributed by atoms with Gasteiger partial charge in [-0.3, -0.25) is 0 Å². The van der Waals surface area contributed by atoms with Crippen molar-refractivity contribution >= 4 is 23.4 Å². The number of halogens is 1. The van der Waals surface area contributed by atoms with Gasteiger partial charge in [-0.05, 0) is 44.9 Å². The molecule has 0 aliphatic carbocycles. The van der Waals surface area contributed by atoms with E-state index in [-0.39, 0.29) is 0 Å². The van der Waals surface area contributed by atoms with Gasteiger partial charge in [-0.2, -0.15) is 4.98 Å². The minimum Gasteiger partial charge on any atom is -0.357 e. The lowest BCUT2D eigenvalue weighted by Gasteiger charge is -2.20. The van der Waals surface area contributed by atoms with E-state index in [1.54, 1.807) is 0 Å². The highest BCUT2D eigenvalue weighted by molar-refractivity contribution is 6.30. The number of aromatic nitrogens is 2. The maximum atomic E-state index is 6.00. The van der Waals surface area contributed by atoms with Gasteiger partial charge in [0.2, 0.25) is 5.95 Å². The Labute approximate surface area is 137 Å². The number of aryl methyl sites for hydroxylation is 1. The Hall–Kier alpha value is -1.81. The first-order chi connectivity index (χ1) is 10.6. The fourth-order valence-electron chi connectivity index (χ4n) is 2.35. The van der Waals surface area contributed by atoms with E-state index in [0.29, 0.717) is 5.95 Å². The van der Waals surface area contributed by atoms with Crippen LogP contribution in [0.5, 0.6) is 0 Å². The molecule has 0 saturated heterocycles. The summed E-state index contributed by atoms with van der Waals surface area (Å²) >= 11 is 6.00. The molecule has 0 bridgehead atoms. The molecule has 0 atom stereocenters. The van der Waals surface area contributed by atoms with Gasteiger partial charge in [-0.1, -0.05) is 23.7 Å². The average molecular weight is 319 g/mol. The van der Waals surface area contributed by atoms with E-state index in [9.17, 15) is 0 Å². The van der Waals surface area contributed by atoms with Gasteiger partial charge in [-0.15, -0.1) is 0 Å². The van der Waals surface area contributed by atoms with Crippen LogP contribution in [0, 0.1) is 6.92 Å². The zero-order valence-electron chi connectivity index (χ0n) is 13.4. The lowest BCUT2D eigenvalue weighted by molar-refractivity contribution is 0.837. The molecule has 0 aliphatic heterocycles. The number of rotatable bonds is 7. The largest absolute Gasteiger partial charge is 0.357 e. The average Bonchev–Trinajstić information content (AvgIpc) is 2.48. The van der Waals surface area contributed by atoms with Crippen LogP contribution in [0.25, 0.3) is 0 Å². The Morgan fingerprint density at radius 3 is 2.59 bits per heavy atom. The molecule has 5 heteroatoms. The fraction of sp³-hybridized carbons (Fsp3) is 0.412. The minimum atomic E-state index is 0.684. The predicted molar refractivity (Wildman–Crippen MR) is 94.0 cm³/mol. The molecule has 22 heavy (non-hydrogen) atoms. The smallest absolute Gasteiger partial charge is 0.224 e. The molecule has 0 radical (unpaired) electrons. The molecule has 0 saturated carbocycles. The highest BCUT2D eigenvalue weighted by Gasteiger charge is 2.07. The van der Waals surface area contributed by atoms with Gasteiger partial charge in [0, 0.05) is 36.4 Å². The van der Waals surface area contributed by atoms with E-state index in [0.717, 1.165) is 42.6 Å². The van der Waals surface area contributed by atoms with Crippen molar-refractivity contribution in [2.75, 3.05) is 29.9 Å². The number of hydrogen-bond donors (Lipinski definition) is 1. The van der Waals surface area contributed by atoms with Crippen LogP contribution in [0.1, 0.15) is 25.1 Å². The Kier molecular flexibility index (Phi) is 6.01. The lowest BCUT2D eigenvalue weighted by Crippen LogP contribution is -2.24. The molecule has 1 aromatic heterocycles. The molecule has 0 spiro atoms. The molecular weight excluding hydrogens is 296 g/mol. The quantitative estimate of drug-likeness (QED) is 0.839. The van der Waals surface area contributed by atoms with Crippen molar-refractivity contribution in [3.63, 3.8) is 0 Å². The molecule has 2 aromatic rings. The summed E-state index contributed by atoms with van der Waals surface area (Å²) < 4.78 is 0. The van der Waals surface area contributed by atoms with E-state index in [1.807, 2.05) is 31.2 Å². The van der Waals surface area contributed by atoms with E-state index in [4.69, 9.17) is 11.6 Å². The van der Waals surface area contributed by atoms with Crippen molar-refractivity contribution in [2.45, 2.75) is 27.2 Å². The second-order valence-electron chi connectivity index (χ2n) is 5.17. The second kappa shape index (κ2) is 7.99. The second-order valence-corrected chi connectivity index (χ2v) is 5.61. The number of benzene rings is 1. The van der Waals surface area contributed by atoms with E-state index < -0.39 is 0 Å². The summed E-state index contributed by atoms with van der Waals surface area (Å²) in [6.07, 6.45) is 0.887. The highest BCUT2D eigenvalue weighted by Crippen LogP contribution is 2.15. The van der Waals surface area contributed by atoms with Crippen LogP contribution in [0.4, 0.5) is 11.8 Å². The number of nitrogens with one attached hydrogen (secondary N) is 1. The monoisotopic (exact) mass is 318 g/mol. The van der Waals surface area contributed by atoms with Crippen LogP contribution in [0.15, 0.2) is 30.3 Å². The highest BCUT2D eigenvalue weighted by atomic mass is 35.5. The molecule has 1 aromatic carbocycles. The molecule has 0 amide bonds. The Bertz CT molecular complexity index is 611. The van der Waals surface area contributed by atoms with Crippen molar-refractivity contribution in [3.05, 3.63) is 46.6 Å². The summed E-state index contributed by atoms with van der Waals surface area (Å²) in [4.78, 5) is 11.3. The third kappa shape index (κ3) is 4.60. The van der Waals surface area contributed by atoms with Crippen LogP contribution < -0.4 is 10.2 Å². The van der Waals surface area contributed by atoms with Crippen LogP contribution in [-0.2, 0) is 6.42 Å². The van der Waals surface area contributed by atoms with Gasteiger partial charge >= 0.3 is 0 Å². The minimum absolute atomic E-state index is 0.684. The predicted octanol–water partition coefficient (Wildman–Crippen LogP) is 3.94. The molecule has 0 unspecified atom stereocenters. The number of hydrogen-bond acceptors (Lipinski definition) is 4. The van der Waals surface area contributed by atoms with Crippen LogP contribution in [-0.4, -0.2) is 29.6 Å². The molecule has 0 aliphatic rings. The standard InChI is InChI=1S/C17H23ClN4/c1-4-22(5-2)16-11-13(3)20-17(21-16)19-10-9-14-7-6-8-15(18)12-14/h6-8,11-12H,4-5,9-10H2,1-3H3,(H,19,20,21). The maximum Gasteiger partial charge on any atom is 0.224 e. The molecular formula is C17H23ClN4. The first-order valence-electron chi connectivity index (χ1n) is 7.71. The molecule has 0 fully saturated rings. The maximum absolute atomic E-state index is 6.00. The van der Waals surface area contributed by atoms with Crippen LogP contribution >= 0.6 is 11.6 Å². The fourth-order valence-corrected chi connectivity index (χ4v) is 2.56. The third-order valence-corrected chi connectivity index (χ3v) is 3.75. The zero-order chi connectivity index (χ0) is 15.9. The van der Waals surface area contributed by atoms with Gasteiger partial charge in [0.05, 0.1) is 0 Å². The van der Waals surface area contributed by atoms with Crippen molar-refractivity contribution in [2.24, 2.45) is 0 Å². The Balaban J connectivity index is 2.00. The lowest BCUT2D eigenvalue weighted by atomic mass is 10.1. The number of nitrogens with zero attached hydrogens (tertiary/aromatic N) is 3. The molecule has 1 N–H and O–H groups in total. The summed E-state index contributed by atoms with van der Waals surface area (Å²) in [5.41, 5.74) is 2.18. The van der Waals surface area contributed by atoms with E-state index >= 15 is 0 Å². The van der Waals surface area contributed by atoms with Gasteiger partial charge in [0.1, 0.15) is 5.82 Å². The van der Waals surface area contributed by atoms with Crippen molar-refractivity contribution < 1.29 is 0 Å². The summed E-state index contributed by atoms with van der Waals surface area (Å²) in [6.45, 7) is 8.92. The van der Waals surface area contributed by atoms with Crippen molar-refractivity contribution in [1.29, 1.82) is 0 Å². The Morgan fingerprint density at radius 2 is 1.91 bits per heavy atom. The molecule has 2 rings (SSSR count).